The molecule has 41 heavy (non-hydrogen) atoms. The molecule has 0 saturated heterocycles. The molecule has 1 aromatic heterocycles. The van der Waals surface area contributed by atoms with Gasteiger partial charge in [-0.05, 0) is 51.2 Å². The number of nitrogens with zero attached hydrogens (tertiary/aromatic N) is 1. The Bertz CT molecular complexity index is 1940. The summed E-state index contributed by atoms with van der Waals surface area (Å²) in [5, 5.41) is 6.82. The van der Waals surface area contributed by atoms with Crippen molar-refractivity contribution in [1.82, 2.24) is 0 Å². The molecule has 7 aromatic rings. The van der Waals surface area contributed by atoms with E-state index in [1.807, 2.05) is 6.08 Å². The molecule has 0 amide bonds. The molecule has 1 atom stereocenters. The van der Waals surface area contributed by atoms with Crippen LogP contribution >= 0.6 is 8.16 Å². The molecular formula is C37H30NO2P. The van der Waals surface area contributed by atoms with Gasteiger partial charge in [-0.2, -0.15) is 4.67 Å². The van der Waals surface area contributed by atoms with E-state index in [0.717, 1.165) is 39.1 Å². The van der Waals surface area contributed by atoms with Crippen molar-refractivity contribution in [3.05, 3.63) is 157 Å². The van der Waals surface area contributed by atoms with E-state index in [1.54, 1.807) is 0 Å². The van der Waals surface area contributed by atoms with Gasteiger partial charge in [0.05, 0.1) is 0 Å². The van der Waals surface area contributed by atoms with Gasteiger partial charge >= 0.3 is 8.16 Å². The predicted octanol–water partition coefficient (Wildman–Crippen LogP) is 10.5. The summed E-state index contributed by atoms with van der Waals surface area (Å²) < 4.78 is 16.3. The summed E-state index contributed by atoms with van der Waals surface area (Å²) >= 11 is 0. The first-order valence-electron chi connectivity index (χ1n) is 14.0. The zero-order chi connectivity index (χ0) is 27.6. The molecule has 0 radical (unpaired) electrons. The van der Waals surface area contributed by atoms with Crippen molar-refractivity contribution in [1.29, 1.82) is 0 Å². The number of hydrogen-bond acceptors (Lipinski definition) is 3. The Morgan fingerprint density at radius 3 is 1.61 bits per heavy atom. The van der Waals surface area contributed by atoms with Crippen molar-refractivity contribution >= 4 is 51.6 Å². The van der Waals surface area contributed by atoms with E-state index in [9.17, 15) is 0 Å². The Labute approximate surface area is 240 Å². The molecule has 1 unspecified atom stereocenters. The van der Waals surface area contributed by atoms with Crippen LogP contribution in [0, 0.1) is 0 Å². The maximum absolute atomic E-state index is 6.97. The van der Waals surface area contributed by atoms with Crippen LogP contribution in [0.5, 0.6) is 0 Å². The average Bonchev–Trinajstić information content (AvgIpc) is 3.21. The van der Waals surface area contributed by atoms with Crippen molar-refractivity contribution < 1.29 is 8.39 Å². The Morgan fingerprint density at radius 1 is 0.585 bits per heavy atom. The topological polar surface area (TPSA) is 29.5 Å². The number of benzene rings is 6. The zero-order valence-corrected chi connectivity index (χ0v) is 23.6. The molecule has 0 spiro atoms. The first kappa shape index (κ1) is 25.4. The Kier molecular flexibility index (Phi) is 6.90. The largest absolute Gasteiger partial charge is 0.408 e. The molecule has 0 aliphatic carbocycles. The van der Waals surface area contributed by atoms with Crippen molar-refractivity contribution in [2.75, 3.05) is 4.67 Å². The molecule has 3 nitrogen and oxygen atoms in total. The summed E-state index contributed by atoms with van der Waals surface area (Å²) in [5.74, 6) is 0. The molecule has 200 valence electrons. The summed E-state index contributed by atoms with van der Waals surface area (Å²) in [5.41, 5.74) is 4.12. The molecule has 0 aliphatic heterocycles. The molecule has 6 aromatic carbocycles. The molecule has 1 heterocycles. The summed E-state index contributed by atoms with van der Waals surface area (Å²) in [6.45, 7) is 4.93. The Hall–Kier alpha value is -4.56. The van der Waals surface area contributed by atoms with Gasteiger partial charge in [-0.1, -0.05) is 127 Å². The maximum atomic E-state index is 6.97. The van der Waals surface area contributed by atoms with Gasteiger partial charge in [0.2, 0.25) is 0 Å². The fraction of sp³-hybridized carbons (Fsp3) is 0.0811. The molecule has 0 saturated carbocycles. The van der Waals surface area contributed by atoms with E-state index in [1.165, 1.54) is 21.9 Å². The SMILES string of the molecule is C=CC(Cc1ccccc1)N(Cc1ccccc1)p1oc2ccc3ccccc3c2c2c(ccc3ccccc32)o1. The third-order valence-electron chi connectivity index (χ3n) is 7.72. The summed E-state index contributed by atoms with van der Waals surface area (Å²) in [4.78, 5) is 0. The Morgan fingerprint density at radius 2 is 1.07 bits per heavy atom. The fourth-order valence-electron chi connectivity index (χ4n) is 5.70. The fourth-order valence-corrected chi connectivity index (χ4v) is 7.28. The lowest BCUT2D eigenvalue weighted by molar-refractivity contribution is 0.598. The monoisotopic (exact) mass is 551 g/mol. The van der Waals surface area contributed by atoms with Gasteiger partial charge in [-0.3, -0.25) is 0 Å². The van der Waals surface area contributed by atoms with Gasteiger partial charge < -0.3 is 8.39 Å². The molecule has 0 fully saturated rings. The van der Waals surface area contributed by atoms with Gasteiger partial charge in [0.15, 0.2) is 0 Å². The quantitative estimate of drug-likeness (QED) is 0.185. The van der Waals surface area contributed by atoms with Crippen LogP contribution in [-0.2, 0) is 13.0 Å². The summed E-state index contributed by atoms with van der Waals surface area (Å²) in [6, 6.07) is 46.6. The maximum Gasteiger partial charge on any atom is 0.310 e. The van der Waals surface area contributed by atoms with E-state index in [0.29, 0.717) is 6.54 Å². The second-order valence-corrected chi connectivity index (χ2v) is 11.7. The van der Waals surface area contributed by atoms with Crippen LogP contribution in [0.1, 0.15) is 11.1 Å². The van der Waals surface area contributed by atoms with Crippen LogP contribution in [0.25, 0.3) is 43.5 Å². The van der Waals surface area contributed by atoms with Crippen molar-refractivity contribution in [3.63, 3.8) is 0 Å². The number of hydrogen-bond donors (Lipinski definition) is 0. The van der Waals surface area contributed by atoms with Crippen LogP contribution in [0.2, 0.25) is 0 Å². The van der Waals surface area contributed by atoms with Gasteiger partial charge in [0.25, 0.3) is 0 Å². The molecule has 4 heteroatoms. The highest BCUT2D eigenvalue weighted by Crippen LogP contribution is 2.43. The highest BCUT2D eigenvalue weighted by atomic mass is 31.1. The van der Waals surface area contributed by atoms with Crippen LogP contribution in [-0.4, -0.2) is 6.04 Å². The summed E-state index contributed by atoms with van der Waals surface area (Å²) in [7, 11) is -1.55. The Balaban J connectivity index is 1.53. The molecular weight excluding hydrogens is 521 g/mol. The van der Waals surface area contributed by atoms with E-state index < -0.39 is 8.16 Å². The van der Waals surface area contributed by atoms with Crippen LogP contribution in [0.4, 0.5) is 0 Å². The lowest BCUT2D eigenvalue weighted by Crippen LogP contribution is -2.32. The van der Waals surface area contributed by atoms with Gasteiger partial charge in [-0.15, -0.1) is 6.58 Å². The van der Waals surface area contributed by atoms with Gasteiger partial charge in [0, 0.05) is 23.4 Å². The highest BCUT2D eigenvalue weighted by Gasteiger charge is 2.24. The predicted molar refractivity (Wildman–Crippen MR) is 174 cm³/mol. The molecule has 0 bridgehead atoms. The summed E-state index contributed by atoms with van der Waals surface area (Å²) in [6.07, 6.45) is 2.83. The lowest BCUT2D eigenvalue weighted by Gasteiger charge is -2.26. The molecule has 0 N–H and O–H groups in total. The molecule has 0 aliphatic rings. The minimum absolute atomic E-state index is 0.00497. The van der Waals surface area contributed by atoms with E-state index >= 15 is 0 Å². The van der Waals surface area contributed by atoms with Crippen LogP contribution in [0.3, 0.4) is 0 Å². The normalized spacial score (nSPS) is 12.3. The van der Waals surface area contributed by atoms with Gasteiger partial charge in [0.1, 0.15) is 11.2 Å². The standard InChI is InChI=1S/C37H30NO2P/c1-2-31(25-27-13-5-3-6-14-27)38(26-28-15-7-4-8-16-28)41-39-34-23-21-29-17-9-11-19-32(29)36(34)37-33-20-12-10-18-30(33)22-24-35(37)40-41/h2-24,31H,1,25-26H2. The first-order chi connectivity index (χ1) is 20.3. The van der Waals surface area contributed by atoms with E-state index in [2.05, 4.69) is 145 Å². The van der Waals surface area contributed by atoms with E-state index in [-0.39, 0.29) is 6.04 Å². The first-order valence-corrected chi connectivity index (χ1v) is 15.1. The van der Waals surface area contributed by atoms with Crippen LogP contribution < -0.4 is 4.67 Å². The van der Waals surface area contributed by atoms with Crippen molar-refractivity contribution in [3.8, 4) is 0 Å². The van der Waals surface area contributed by atoms with Crippen LogP contribution in [0.15, 0.2) is 155 Å². The van der Waals surface area contributed by atoms with Crippen molar-refractivity contribution in [2.45, 2.75) is 19.0 Å². The smallest absolute Gasteiger partial charge is 0.310 e. The third kappa shape index (κ3) is 4.95. The lowest BCUT2D eigenvalue weighted by atomic mass is 9.99. The second-order valence-electron chi connectivity index (χ2n) is 10.3. The highest BCUT2D eigenvalue weighted by molar-refractivity contribution is 7.39. The zero-order valence-electron chi connectivity index (χ0n) is 22.7. The van der Waals surface area contributed by atoms with Gasteiger partial charge in [-0.25, -0.2) is 0 Å². The molecule has 7 rings (SSSR count). The average molecular weight is 552 g/mol. The second kappa shape index (κ2) is 11.1. The van der Waals surface area contributed by atoms with Crippen molar-refractivity contribution in [2.24, 2.45) is 0 Å². The van der Waals surface area contributed by atoms with E-state index in [4.69, 9.17) is 8.39 Å². The number of rotatable bonds is 7. The number of fused-ring (bicyclic) bond motifs is 7. The minimum Gasteiger partial charge on any atom is -0.408 e. The minimum atomic E-state index is -1.55. The third-order valence-corrected chi connectivity index (χ3v) is 9.29.